The molecule has 0 unspecified atom stereocenters. The van der Waals surface area contributed by atoms with Gasteiger partial charge in [-0.15, -0.1) is 0 Å². The zero-order valence-electron chi connectivity index (χ0n) is 16.9. The quantitative estimate of drug-likeness (QED) is 0.725. The van der Waals surface area contributed by atoms with E-state index in [2.05, 4.69) is 5.32 Å². The van der Waals surface area contributed by atoms with Crippen molar-refractivity contribution in [1.82, 2.24) is 4.31 Å². The van der Waals surface area contributed by atoms with Gasteiger partial charge in [-0.3, -0.25) is 9.10 Å². The number of hydrogen-bond donors (Lipinski definition) is 1. The molecule has 0 saturated carbocycles. The van der Waals surface area contributed by atoms with E-state index in [-0.39, 0.29) is 17.3 Å². The first-order valence-electron chi connectivity index (χ1n) is 9.49. The topological polar surface area (TPSA) is 104 Å². The number of rotatable bonds is 6. The second-order valence-electron chi connectivity index (χ2n) is 7.29. The molecule has 0 bridgehead atoms. The van der Waals surface area contributed by atoms with Crippen molar-refractivity contribution < 1.29 is 21.6 Å². The normalized spacial score (nSPS) is 18.0. The lowest BCUT2D eigenvalue weighted by molar-refractivity contribution is -0.120. The Labute approximate surface area is 177 Å². The van der Waals surface area contributed by atoms with Crippen molar-refractivity contribution in [3.8, 4) is 0 Å². The van der Waals surface area contributed by atoms with Crippen molar-refractivity contribution >= 4 is 37.3 Å². The Bertz CT molecular complexity index is 1120. The van der Waals surface area contributed by atoms with Gasteiger partial charge in [0.2, 0.25) is 26.0 Å². The Kier molecular flexibility index (Phi) is 6.49. The van der Waals surface area contributed by atoms with Crippen LogP contribution in [0.4, 0.5) is 11.4 Å². The molecule has 2 aromatic carbocycles. The van der Waals surface area contributed by atoms with E-state index in [1.54, 1.807) is 54.6 Å². The van der Waals surface area contributed by atoms with Crippen molar-refractivity contribution in [2.24, 2.45) is 5.92 Å². The summed E-state index contributed by atoms with van der Waals surface area (Å²) in [6.45, 7) is 0.474. The Balaban J connectivity index is 1.72. The lowest BCUT2D eigenvalue weighted by Gasteiger charge is -2.31. The first-order chi connectivity index (χ1) is 14.1. The maximum atomic E-state index is 12.9. The Morgan fingerprint density at radius 2 is 1.77 bits per heavy atom. The molecule has 30 heavy (non-hydrogen) atoms. The molecule has 10 heteroatoms. The van der Waals surface area contributed by atoms with Crippen LogP contribution >= 0.6 is 0 Å². The second-order valence-corrected chi connectivity index (χ2v) is 11.2. The number of piperidine rings is 1. The predicted octanol–water partition coefficient (Wildman–Crippen LogP) is 2.12. The molecule has 0 aliphatic carbocycles. The molecule has 1 aliphatic heterocycles. The summed E-state index contributed by atoms with van der Waals surface area (Å²) < 4.78 is 51.7. The van der Waals surface area contributed by atoms with Crippen molar-refractivity contribution in [3.63, 3.8) is 0 Å². The van der Waals surface area contributed by atoms with Gasteiger partial charge < -0.3 is 5.32 Å². The standard InChI is InChI=1S/C20H25N3O5S2/c1-22(29(2,25)26)18-10-6-9-17(14-18)21-20(24)16-8-7-13-23(15-16)30(27,28)19-11-4-3-5-12-19/h3-6,9-12,14,16H,7-8,13,15H2,1-2H3,(H,21,24)/t16-/m1/s1. The van der Waals surface area contributed by atoms with E-state index in [1.165, 1.54) is 11.4 Å². The van der Waals surface area contributed by atoms with Crippen LogP contribution in [0.15, 0.2) is 59.5 Å². The summed E-state index contributed by atoms with van der Waals surface area (Å²) in [5, 5.41) is 2.79. The van der Waals surface area contributed by atoms with Crippen LogP contribution in [-0.2, 0) is 24.8 Å². The molecule has 1 amide bonds. The summed E-state index contributed by atoms with van der Waals surface area (Å²) in [5.41, 5.74) is 0.878. The summed E-state index contributed by atoms with van der Waals surface area (Å²) in [7, 11) is -5.65. The first-order valence-corrected chi connectivity index (χ1v) is 12.8. The highest BCUT2D eigenvalue weighted by atomic mass is 32.2. The van der Waals surface area contributed by atoms with Gasteiger partial charge in [0.15, 0.2) is 0 Å². The van der Waals surface area contributed by atoms with E-state index < -0.39 is 26.0 Å². The van der Waals surface area contributed by atoms with Crippen LogP contribution in [0, 0.1) is 5.92 Å². The van der Waals surface area contributed by atoms with E-state index >= 15 is 0 Å². The monoisotopic (exact) mass is 451 g/mol. The van der Waals surface area contributed by atoms with Crippen LogP contribution < -0.4 is 9.62 Å². The number of carbonyl (C=O) groups excluding carboxylic acids is 1. The molecule has 1 fully saturated rings. The maximum absolute atomic E-state index is 12.9. The van der Waals surface area contributed by atoms with Crippen LogP contribution in [0.2, 0.25) is 0 Å². The summed E-state index contributed by atoms with van der Waals surface area (Å²) >= 11 is 0. The van der Waals surface area contributed by atoms with E-state index in [1.807, 2.05) is 0 Å². The summed E-state index contributed by atoms with van der Waals surface area (Å²) in [6, 6.07) is 14.7. The fourth-order valence-corrected chi connectivity index (χ4v) is 5.37. The molecular weight excluding hydrogens is 426 g/mol. The molecule has 1 atom stereocenters. The summed E-state index contributed by atoms with van der Waals surface area (Å²) in [6.07, 6.45) is 2.26. The minimum atomic E-state index is -3.66. The number of sulfonamides is 2. The molecule has 1 aliphatic rings. The first kappa shape index (κ1) is 22.3. The molecule has 2 aromatic rings. The highest BCUT2D eigenvalue weighted by Gasteiger charge is 2.33. The van der Waals surface area contributed by atoms with Gasteiger partial charge in [-0.2, -0.15) is 4.31 Å². The molecule has 1 N–H and O–H groups in total. The lowest BCUT2D eigenvalue weighted by atomic mass is 9.98. The summed E-state index contributed by atoms with van der Waals surface area (Å²) in [5.74, 6) is -0.782. The van der Waals surface area contributed by atoms with Gasteiger partial charge >= 0.3 is 0 Å². The number of hydrogen-bond acceptors (Lipinski definition) is 5. The predicted molar refractivity (Wildman–Crippen MR) is 116 cm³/mol. The van der Waals surface area contributed by atoms with Crippen molar-refractivity contribution in [2.75, 3.05) is 36.0 Å². The average molecular weight is 452 g/mol. The van der Waals surface area contributed by atoms with Crippen LogP contribution in [-0.4, -0.2) is 53.4 Å². The van der Waals surface area contributed by atoms with Crippen molar-refractivity contribution in [1.29, 1.82) is 0 Å². The number of carbonyl (C=O) groups is 1. The molecule has 0 spiro atoms. The average Bonchev–Trinajstić information content (AvgIpc) is 2.73. The summed E-state index contributed by atoms with van der Waals surface area (Å²) in [4.78, 5) is 13.0. The highest BCUT2D eigenvalue weighted by molar-refractivity contribution is 7.92. The van der Waals surface area contributed by atoms with Crippen LogP contribution in [0.25, 0.3) is 0 Å². The van der Waals surface area contributed by atoms with Gasteiger partial charge in [-0.1, -0.05) is 24.3 Å². The molecule has 162 valence electrons. The van der Waals surface area contributed by atoms with Gasteiger partial charge in [-0.25, -0.2) is 16.8 Å². The van der Waals surface area contributed by atoms with E-state index in [9.17, 15) is 21.6 Å². The highest BCUT2D eigenvalue weighted by Crippen LogP contribution is 2.26. The van der Waals surface area contributed by atoms with E-state index in [0.29, 0.717) is 30.8 Å². The largest absolute Gasteiger partial charge is 0.326 e. The Hall–Kier alpha value is -2.43. The molecule has 8 nitrogen and oxygen atoms in total. The van der Waals surface area contributed by atoms with Gasteiger partial charge in [-0.05, 0) is 43.2 Å². The Morgan fingerprint density at radius 3 is 2.43 bits per heavy atom. The lowest BCUT2D eigenvalue weighted by Crippen LogP contribution is -2.43. The number of nitrogens with one attached hydrogen (secondary N) is 1. The van der Waals surface area contributed by atoms with Gasteiger partial charge in [0.05, 0.1) is 22.8 Å². The number of anilines is 2. The third kappa shape index (κ3) is 5.00. The fourth-order valence-electron chi connectivity index (χ4n) is 3.33. The molecule has 1 saturated heterocycles. The third-order valence-electron chi connectivity index (χ3n) is 5.11. The Morgan fingerprint density at radius 1 is 1.07 bits per heavy atom. The number of nitrogens with zero attached hydrogens (tertiary/aromatic N) is 2. The van der Waals surface area contributed by atoms with Crippen molar-refractivity contribution in [2.45, 2.75) is 17.7 Å². The zero-order valence-corrected chi connectivity index (χ0v) is 18.5. The number of amides is 1. The molecule has 0 radical (unpaired) electrons. The van der Waals surface area contributed by atoms with Crippen LogP contribution in [0.1, 0.15) is 12.8 Å². The van der Waals surface area contributed by atoms with Crippen LogP contribution in [0.3, 0.4) is 0 Å². The smallest absolute Gasteiger partial charge is 0.243 e. The molecular formula is C20H25N3O5S2. The number of benzene rings is 2. The van der Waals surface area contributed by atoms with Gasteiger partial charge in [0, 0.05) is 25.8 Å². The van der Waals surface area contributed by atoms with E-state index in [0.717, 1.165) is 10.6 Å². The van der Waals surface area contributed by atoms with E-state index in [4.69, 9.17) is 0 Å². The molecule has 3 rings (SSSR count). The fraction of sp³-hybridized carbons (Fsp3) is 0.350. The third-order valence-corrected chi connectivity index (χ3v) is 8.20. The minimum absolute atomic E-state index is 0.103. The molecule has 0 aromatic heterocycles. The zero-order chi connectivity index (χ0) is 21.9. The van der Waals surface area contributed by atoms with Gasteiger partial charge in [0.25, 0.3) is 0 Å². The maximum Gasteiger partial charge on any atom is 0.243 e. The second kappa shape index (κ2) is 8.75. The van der Waals surface area contributed by atoms with Crippen LogP contribution in [0.5, 0.6) is 0 Å². The van der Waals surface area contributed by atoms with Gasteiger partial charge in [0.1, 0.15) is 0 Å². The minimum Gasteiger partial charge on any atom is -0.326 e. The SMILES string of the molecule is CN(c1cccc(NC(=O)[C@@H]2CCCN(S(=O)(=O)c3ccccc3)C2)c1)S(C)(=O)=O. The molecule has 1 heterocycles. The van der Waals surface area contributed by atoms with Crippen molar-refractivity contribution in [3.05, 3.63) is 54.6 Å².